The summed E-state index contributed by atoms with van der Waals surface area (Å²) in [5.41, 5.74) is -2.34. The minimum atomic E-state index is -2.34. The summed E-state index contributed by atoms with van der Waals surface area (Å²) in [7, 11) is 1.34. The predicted molar refractivity (Wildman–Crippen MR) is 62.0 cm³/mol. The molecule has 0 aromatic rings. The Morgan fingerprint density at radius 2 is 1.86 bits per heavy atom. The van der Waals surface area contributed by atoms with Gasteiger partial charge in [0.2, 0.25) is 5.69 Å². The molecular formula is C7H15O4PS2. The van der Waals surface area contributed by atoms with Crippen LogP contribution in [-0.4, -0.2) is 32.0 Å². The molecule has 14 heavy (non-hydrogen) atoms. The van der Waals surface area contributed by atoms with Crippen LogP contribution in [0.4, 0.5) is 0 Å². The molecule has 0 N–H and O–H groups in total. The molecule has 0 aliphatic heterocycles. The third-order valence-corrected chi connectivity index (χ3v) is 6.52. The predicted octanol–water partition coefficient (Wildman–Crippen LogP) is 2.19. The summed E-state index contributed by atoms with van der Waals surface area (Å²) >= 11 is 6.40. The lowest BCUT2D eigenvalue weighted by molar-refractivity contribution is -0.137. The summed E-state index contributed by atoms with van der Waals surface area (Å²) in [5, 5.41) is 0. The molecule has 4 nitrogen and oxygen atoms in total. The summed E-state index contributed by atoms with van der Waals surface area (Å²) in [6.07, 6.45) is 0. The standard InChI is InChI=1S/C7H15O4PS2/c1-4-10-12(13,11-5-2)14-6-7(8)9-3/h4-6H2,1-3H3. The van der Waals surface area contributed by atoms with Crippen molar-refractivity contribution in [1.29, 1.82) is 0 Å². The highest BCUT2D eigenvalue weighted by Gasteiger charge is 2.20. The summed E-state index contributed by atoms with van der Waals surface area (Å²) in [6, 6.07) is 0. The lowest BCUT2D eigenvalue weighted by Gasteiger charge is -2.19. The van der Waals surface area contributed by atoms with E-state index in [4.69, 9.17) is 20.9 Å². The fraction of sp³-hybridized carbons (Fsp3) is 0.857. The average molecular weight is 258 g/mol. The lowest BCUT2D eigenvalue weighted by Crippen LogP contribution is -2.04. The van der Waals surface area contributed by atoms with E-state index in [0.717, 1.165) is 0 Å². The Morgan fingerprint density at radius 3 is 2.21 bits per heavy atom. The molecule has 0 amide bonds. The zero-order valence-corrected chi connectivity index (χ0v) is 11.0. The van der Waals surface area contributed by atoms with Crippen molar-refractivity contribution < 1.29 is 18.6 Å². The highest BCUT2D eigenvalue weighted by Crippen LogP contribution is 2.60. The van der Waals surface area contributed by atoms with E-state index in [9.17, 15) is 4.79 Å². The van der Waals surface area contributed by atoms with Crippen LogP contribution >= 0.6 is 17.1 Å². The van der Waals surface area contributed by atoms with Gasteiger partial charge in [-0.05, 0) is 25.7 Å². The monoisotopic (exact) mass is 258 g/mol. The highest BCUT2D eigenvalue weighted by molar-refractivity contribution is 8.68. The molecule has 0 unspecified atom stereocenters. The largest absolute Gasteiger partial charge is 0.468 e. The molecule has 7 heteroatoms. The van der Waals surface area contributed by atoms with Gasteiger partial charge in [0.15, 0.2) is 0 Å². The fourth-order valence-corrected chi connectivity index (χ4v) is 4.83. The van der Waals surface area contributed by atoms with Crippen molar-refractivity contribution in [2.24, 2.45) is 0 Å². The van der Waals surface area contributed by atoms with Crippen LogP contribution in [0.1, 0.15) is 13.8 Å². The number of rotatable bonds is 7. The first-order valence-corrected chi connectivity index (χ1v) is 8.41. The number of hydrogen-bond acceptors (Lipinski definition) is 6. The van der Waals surface area contributed by atoms with E-state index in [1.807, 2.05) is 13.8 Å². The zero-order valence-electron chi connectivity index (χ0n) is 8.52. The van der Waals surface area contributed by atoms with E-state index >= 15 is 0 Å². The normalized spacial score (nSPS) is 11.4. The third-order valence-electron chi connectivity index (χ3n) is 1.14. The molecule has 0 radical (unpaired) electrons. The summed E-state index contributed by atoms with van der Waals surface area (Å²) in [5.74, 6) is -0.142. The molecule has 0 saturated heterocycles. The van der Waals surface area contributed by atoms with E-state index in [2.05, 4.69) is 4.74 Å². The van der Waals surface area contributed by atoms with Crippen LogP contribution in [-0.2, 0) is 30.4 Å². The van der Waals surface area contributed by atoms with Crippen molar-refractivity contribution in [3.05, 3.63) is 0 Å². The van der Waals surface area contributed by atoms with Crippen molar-refractivity contribution in [2.45, 2.75) is 13.8 Å². The van der Waals surface area contributed by atoms with E-state index in [1.54, 1.807) is 0 Å². The maximum atomic E-state index is 10.9. The van der Waals surface area contributed by atoms with Gasteiger partial charge in [-0.2, -0.15) is 0 Å². The number of ether oxygens (including phenoxy) is 1. The van der Waals surface area contributed by atoms with Crippen LogP contribution in [0.15, 0.2) is 0 Å². The van der Waals surface area contributed by atoms with Crippen molar-refractivity contribution in [3.63, 3.8) is 0 Å². The van der Waals surface area contributed by atoms with Crippen LogP contribution in [0, 0.1) is 0 Å². The van der Waals surface area contributed by atoms with Crippen LogP contribution in [0.25, 0.3) is 0 Å². The quantitative estimate of drug-likeness (QED) is 0.515. The van der Waals surface area contributed by atoms with Gasteiger partial charge in [0.25, 0.3) is 0 Å². The maximum absolute atomic E-state index is 10.9. The molecule has 0 spiro atoms. The first-order chi connectivity index (χ1) is 6.58. The van der Waals surface area contributed by atoms with Gasteiger partial charge in [-0.1, -0.05) is 11.4 Å². The second-order valence-corrected chi connectivity index (χ2v) is 8.44. The second kappa shape index (κ2) is 7.65. The molecule has 0 atom stereocenters. The van der Waals surface area contributed by atoms with Gasteiger partial charge < -0.3 is 13.8 Å². The molecule has 0 saturated carbocycles. The van der Waals surface area contributed by atoms with Crippen LogP contribution in [0.3, 0.4) is 0 Å². The number of carbonyl (C=O) groups excluding carboxylic acids is 1. The van der Waals surface area contributed by atoms with Crippen LogP contribution in [0.5, 0.6) is 0 Å². The Bertz CT molecular complexity index is 212. The number of esters is 1. The molecule has 0 heterocycles. The zero-order chi connectivity index (χ0) is 11.0. The summed E-state index contributed by atoms with van der Waals surface area (Å²) in [6.45, 7) is 4.68. The Morgan fingerprint density at radius 1 is 1.36 bits per heavy atom. The molecule has 0 aliphatic carbocycles. The number of methoxy groups -OCH3 is 1. The topological polar surface area (TPSA) is 44.8 Å². The Kier molecular flexibility index (Phi) is 7.86. The second-order valence-electron chi connectivity index (χ2n) is 2.13. The lowest BCUT2D eigenvalue weighted by atomic mass is 10.8. The van der Waals surface area contributed by atoms with Crippen molar-refractivity contribution in [1.82, 2.24) is 0 Å². The molecule has 0 rings (SSSR count). The van der Waals surface area contributed by atoms with Crippen LogP contribution in [0.2, 0.25) is 0 Å². The first kappa shape index (κ1) is 14.4. The van der Waals surface area contributed by atoms with Crippen molar-refractivity contribution in [2.75, 3.05) is 26.1 Å². The number of hydrogen-bond donors (Lipinski definition) is 0. The summed E-state index contributed by atoms with van der Waals surface area (Å²) < 4.78 is 15.1. The van der Waals surface area contributed by atoms with Gasteiger partial charge in [-0.15, -0.1) is 0 Å². The van der Waals surface area contributed by atoms with E-state index in [0.29, 0.717) is 13.2 Å². The minimum absolute atomic E-state index is 0.174. The van der Waals surface area contributed by atoms with Gasteiger partial charge in [0.05, 0.1) is 20.3 Å². The SMILES string of the molecule is CCOP(=S)(OCC)SCC(=O)OC. The smallest absolute Gasteiger partial charge is 0.316 e. The molecule has 0 aromatic carbocycles. The van der Waals surface area contributed by atoms with Crippen molar-refractivity contribution >= 4 is 34.9 Å². The average Bonchev–Trinajstić information content (AvgIpc) is 2.15. The van der Waals surface area contributed by atoms with E-state index in [-0.39, 0.29) is 11.7 Å². The Labute approximate surface area is 93.6 Å². The van der Waals surface area contributed by atoms with Crippen molar-refractivity contribution in [3.8, 4) is 0 Å². The molecule has 0 aromatic heterocycles. The Hall–Kier alpha value is 0.390. The van der Waals surface area contributed by atoms with Gasteiger partial charge in [-0.25, -0.2) is 0 Å². The number of carbonyl (C=O) groups is 1. The fourth-order valence-electron chi connectivity index (χ4n) is 0.619. The van der Waals surface area contributed by atoms with E-state index in [1.165, 1.54) is 18.5 Å². The molecule has 0 aliphatic rings. The minimum Gasteiger partial charge on any atom is -0.468 e. The molecule has 84 valence electrons. The van der Waals surface area contributed by atoms with Gasteiger partial charge in [0, 0.05) is 0 Å². The van der Waals surface area contributed by atoms with Gasteiger partial charge in [0.1, 0.15) is 5.75 Å². The molecule has 0 bridgehead atoms. The highest BCUT2D eigenvalue weighted by atomic mass is 32.9. The first-order valence-electron chi connectivity index (χ1n) is 4.18. The van der Waals surface area contributed by atoms with E-state index < -0.39 is 5.69 Å². The maximum Gasteiger partial charge on any atom is 0.316 e. The Balaban J connectivity index is 4.08. The third kappa shape index (κ3) is 5.98. The van der Waals surface area contributed by atoms with Gasteiger partial charge >= 0.3 is 5.97 Å². The van der Waals surface area contributed by atoms with Gasteiger partial charge in [-0.3, -0.25) is 4.79 Å². The van der Waals surface area contributed by atoms with Crippen LogP contribution < -0.4 is 0 Å². The molecular weight excluding hydrogens is 243 g/mol. The molecule has 0 fully saturated rings. The summed E-state index contributed by atoms with van der Waals surface area (Å²) in [4.78, 5) is 10.9.